The normalized spacial score (nSPS) is 11.8. The van der Waals surface area contributed by atoms with E-state index >= 15 is 0 Å². The first-order chi connectivity index (χ1) is 4.34. The van der Waals surface area contributed by atoms with Gasteiger partial charge in [-0.3, -0.25) is 0 Å². The van der Waals surface area contributed by atoms with Gasteiger partial charge in [-0.05, 0) is 61.6 Å². The van der Waals surface area contributed by atoms with Crippen LogP contribution in [-0.4, -0.2) is 14.2 Å². The van der Waals surface area contributed by atoms with Gasteiger partial charge in [0.25, 0.3) is 0 Å². The lowest BCUT2D eigenvalue weighted by Gasteiger charge is -2.13. The molecule has 2 nitrogen and oxygen atoms in total. The molecule has 0 saturated heterocycles. The molecule has 0 aromatic rings. The number of rotatable bonds is 1. The van der Waals surface area contributed by atoms with Gasteiger partial charge in [0.15, 0.2) is 0 Å². The van der Waals surface area contributed by atoms with E-state index in [9.17, 15) is 4.79 Å². The number of ether oxygens (including phenoxy) is 1. The highest BCUT2D eigenvalue weighted by molar-refractivity contribution is 9.40. The van der Waals surface area contributed by atoms with Gasteiger partial charge in [-0.2, -0.15) is 0 Å². The van der Waals surface area contributed by atoms with Crippen molar-refractivity contribution < 1.29 is 9.53 Å². The highest BCUT2D eigenvalue weighted by Crippen LogP contribution is 2.34. The van der Waals surface area contributed by atoms with E-state index in [2.05, 4.69) is 47.8 Å². The fourth-order valence-corrected chi connectivity index (χ4v) is 0.561. The predicted molar refractivity (Wildman–Crippen MR) is 50.7 cm³/mol. The van der Waals surface area contributed by atoms with Crippen molar-refractivity contribution in [2.24, 2.45) is 0 Å². The average Bonchev–Trinajstić information content (AvgIpc) is 1.60. The molecule has 0 aromatic carbocycles. The third-order valence-corrected chi connectivity index (χ3v) is 1.55. The van der Waals surface area contributed by atoms with Crippen molar-refractivity contribution >= 4 is 53.8 Å². The van der Waals surface area contributed by atoms with Gasteiger partial charge < -0.3 is 4.74 Å². The van der Waals surface area contributed by atoms with Gasteiger partial charge in [-0.1, -0.05) is 0 Å². The molecule has 0 aliphatic heterocycles. The molecule has 0 amide bonds. The van der Waals surface area contributed by atoms with Crippen molar-refractivity contribution in [3.63, 3.8) is 0 Å². The Kier molecular flexibility index (Phi) is 4.44. The second-order valence-corrected chi connectivity index (χ2v) is 8.71. The maximum atomic E-state index is 10.9. The second-order valence-electron chi connectivity index (χ2n) is 1.95. The first-order valence-electron chi connectivity index (χ1n) is 2.62. The smallest absolute Gasteiger partial charge is 0.345 e. The van der Waals surface area contributed by atoms with Gasteiger partial charge in [0, 0.05) is 0 Å². The summed E-state index contributed by atoms with van der Waals surface area (Å²) in [5.74, 6) is -0.387. The molecule has 0 aliphatic carbocycles. The van der Waals surface area contributed by atoms with Crippen LogP contribution in [0.5, 0.6) is 0 Å². The summed E-state index contributed by atoms with van der Waals surface area (Å²) in [6.45, 7) is 3.58. The Morgan fingerprint density at radius 2 is 1.80 bits per heavy atom. The van der Waals surface area contributed by atoms with Gasteiger partial charge in [0.2, 0.25) is 2.14 Å². The summed E-state index contributed by atoms with van der Waals surface area (Å²) < 4.78 is 3.90. The molecule has 0 spiro atoms. The lowest BCUT2D eigenvalue weighted by atomic mass is 10.5. The zero-order valence-electron chi connectivity index (χ0n) is 5.53. The summed E-state index contributed by atoms with van der Waals surface area (Å²) in [5.41, 5.74) is 0. The van der Waals surface area contributed by atoms with E-state index in [1.54, 1.807) is 13.8 Å². The van der Waals surface area contributed by atoms with Crippen LogP contribution in [0.4, 0.5) is 0 Å². The minimum atomic E-state index is -0.933. The molecule has 0 aliphatic rings. The fraction of sp³-hybridized carbons (Fsp3) is 0.800. The van der Waals surface area contributed by atoms with Crippen LogP contribution in [0, 0.1) is 0 Å². The number of carbonyl (C=O) groups excluding carboxylic acids is 1. The topological polar surface area (TPSA) is 26.3 Å². The Bertz CT molecular complexity index is 127. The number of hydrogen-bond donors (Lipinski definition) is 0. The number of carbonyl (C=O) groups is 1. The Hall–Kier alpha value is 0.910. The standard InChI is InChI=1S/C5H7Br3O2/c1-3(2)10-4(9)5(6,7)8/h3H,1-2H3. The number of alkyl halides is 3. The van der Waals surface area contributed by atoms with Crippen LogP contribution in [0.3, 0.4) is 0 Å². The third kappa shape index (κ3) is 4.68. The molecule has 0 fully saturated rings. The Morgan fingerprint density at radius 1 is 1.40 bits per heavy atom. The molecular weight excluding hydrogens is 332 g/mol. The molecule has 5 heteroatoms. The molecule has 0 bridgehead atoms. The molecule has 0 saturated carbocycles. The van der Waals surface area contributed by atoms with Crippen molar-refractivity contribution in [2.75, 3.05) is 0 Å². The zero-order valence-corrected chi connectivity index (χ0v) is 10.3. The maximum absolute atomic E-state index is 10.9. The zero-order chi connectivity index (χ0) is 8.36. The first-order valence-corrected chi connectivity index (χ1v) is 4.99. The summed E-state index contributed by atoms with van der Waals surface area (Å²) in [5, 5.41) is 0. The lowest BCUT2D eigenvalue weighted by Crippen LogP contribution is -2.23. The molecule has 0 unspecified atom stereocenters. The molecule has 60 valence electrons. The lowest BCUT2D eigenvalue weighted by molar-refractivity contribution is -0.145. The van der Waals surface area contributed by atoms with E-state index < -0.39 is 2.14 Å². The third-order valence-electron chi connectivity index (χ3n) is 0.574. The van der Waals surface area contributed by atoms with Crippen LogP contribution >= 0.6 is 47.8 Å². The molecule has 0 rings (SSSR count). The van der Waals surface area contributed by atoms with E-state index in [-0.39, 0.29) is 12.1 Å². The maximum Gasteiger partial charge on any atom is 0.345 e. The van der Waals surface area contributed by atoms with Crippen LogP contribution < -0.4 is 0 Å². The van der Waals surface area contributed by atoms with Crippen molar-refractivity contribution in [2.45, 2.75) is 22.1 Å². The van der Waals surface area contributed by atoms with Gasteiger partial charge >= 0.3 is 5.97 Å². The van der Waals surface area contributed by atoms with E-state index in [1.807, 2.05) is 0 Å². The fourth-order valence-electron chi connectivity index (χ4n) is 0.281. The Balaban J connectivity index is 3.87. The summed E-state index contributed by atoms with van der Waals surface area (Å²) in [6, 6.07) is 0. The summed E-state index contributed by atoms with van der Waals surface area (Å²) >= 11 is 9.09. The van der Waals surface area contributed by atoms with E-state index in [4.69, 9.17) is 4.74 Å². The van der Waals surface area contributed by atoms with Crippen LogP contribution in [0.2, 0.25) is 0 Å². The number of hydrogen-bond acceptors (Lipinski definition) is 2. The Morgan fingerprint density at radius 3 is 1.90 bits per heavy atom. The molecule has 0 N–H and O–H groups in total. The van der Waals surface area contributed by atoms with E-state index in [0.717, 1.165) is 0 Å². The minimum absolute atomic E-state index is 0.0977. The monoisotopic (exact) mass is 336 g/mol. The van der Waals surface area contributed by atoms with Crippen LogP contribution in [0.25, 0.3) is 0 Å². The largest absolute Gasteiger partial charge is 0.461 e. The summed E-state index contributed by atoms with van der Waals surface area (Å²) in [7, 11) is 0. The van der Waals surface area contributed by atoms with Crippen LogP contribution in [0.15, 0.2) is 0 Å². The first kappa shape index (κ1) is 10.9. The Labute approximate surface area is 85.1 Å². The molecule has 0 heterocycles. The molecule has 10 heavy (non-hydrogen) atoms. The van der Waals surface area contributed by atoms with Gasteiger partial charge in [-0.25, -0.2) is 4.79 Å². The van der Waals surface area contributed by atoms with E-state index in [1.165, 1.54) is 0 Å². The SMILES string of the molecule is CC(C)OC(=O)C(Br)(Br)Br. The highest BCUT2D eigenvalue weighted by Gasteiger charge is 2.30. The number of esters is 1. The average molecular weight is 339 g/mol. The van der Waals surface area contributed by atoms with Gasteiger partial charge in [0.1, 0.15) is 0 Å². The quantitative estimate of drug-likeness (QED) is 0.543. The van der Waals surface area contributed by atoms with Crippen molar-refractivity contribution in [3.8, 4) is 0 Å². The number of halogens is 3. The highest BCUT2D eigenvalue weighted by atomic mass is 80.0. The minimum Gasteiger partial charge on any atom is -0.461 e. The summed E-state index contributed by atoms with van der Waals surface area (Å²) in [4.78, 5) is 10.9. The van der Waals surface area contributed by atoms with Gasteiger partial charge in [-0.15, -0.1) is 0 Å². The second kappa shape index (κ2) is 4.07. The molecular formula is C5H7Br3O2. The van der Waals surface area contributed by atoms with Crippen molar-refractivity contribution in [1.29, 1.82) is 0 Å². The van der Waals surface area contributed by atoms with Crippen molar-refractivity contribution in [1.82, 2.24) is 0 Å². The van der Waals surface area contributed by atoms with E-state index in [0.29, 0.717) is 0 Å². The summed E-state index contributed by atoms with van der Waals surface area (Å²) in [6.07, 6.45) is -0.0977. The van der Waals surface area contributed by atoms with Crippen LogP contribution in [-0.2, 0) is 9.53 Å². The van der Waals surface area contributed by atoms with Gasteiger partial charge in [0.05, 0.1) is 6.10 Å². The molecule has 0 atom stereocenters. The van der Waals surface area contributed by atoms with Crippen LogP contribution in [0.1, 0.15) is 13.8 Å². The molecule has 0 aromatic heterocycles. The van der Waals surface area contributed by atoms with Crippen molar-refractivity contribution in [3.05, 3.63) is 0 Å². The molecule has 0 radical (unpaired) electrons. The predicted octanol–water partition coefficient (Wildman–Crippen LogP) is 2.78.